The number of rotatable bonds is 4. The minimum absolute atomic E-state index is 0.0424. The molecule has 0 N–H and O–H groups in total. The molecular weight excluding hydrogens is 358 g/mol. The SMILES string of the molecule is Cc1ccc(-c2csc(=Nc3ccccc3[N+](=O)[O-])n2C2CCCC2)cc1. The molecule has 5 nitrogen and oxygen atoms in total. The molecule has 1 saturated carbocycles. The Kier molecular flexibility index (Phi) is 4.90. The third-order valence-corrected chi connectivity index (χ3v) is 5.91. The molecule has 1 heterocycles. The lowest BCUT2D eigenvalue weighted by molar-refractivity contribution is -0.384. The summed E-state index contributed by atoms with van der Waals surface area (Å²) in [6.07, 6.45) is 4.68. The van der Waals surface area contributed by atoms with E-state index in [2.05, 4.69) is 41.1 Å². The van der Waals surface area contributed by atoms with Crippen LogP contribution in [0.3, 0.4) is 0 Å². The quantitative estimate of drug-likeness (QED) is 0.426. The molecule has 1 aromatic heterocycles. The number of nitro groups is 1. The van der Waals surface area contributed by atoms with E-state index in [0.717, 1.165) is 28.9 Å². The van der Waals surface area contributed by atoms with Gasteiger partial charge in [0.05, 0.1) is 10.6 Å². The molecule has 0 bridgehead atoms. The van der Waals surface area contributed by atoms with Crippen molar-refractivity contribution in [2.24, 2.45) is 4.99 Å². The molecule has 0 aliphatic heterocycles. The molecular formula is C21H21N3O2S. The molecule has 0 unspecified atom stereocenters. The van der Waals surface area contributed by atoms with Gasteiger partial charge < -0.3 is 4.57 Å². The third kappa shape index (κ3) is 3.57. The lowest BCUT2D eigenvalue weighted by Crippen LogP contribution is -2.20. The van der Waals surface area contributed by atoms with Gasteiger partial charge in [0.1, 0.15) is 5.69 Å². The molecule has 0 atom stereocenters. The minimum Gasteiger partial charge on any atom is -0.313 e. The van der Waals surface area contributed by atoms with Crippen molar-refractivity contribution in [1.29, 1.82) is 0 Å². The Bertz CT molecular complexity index is 1030. The van der Waals surface area contributed by atoms with Crippen LogP contribution in [0.2, 0.25) is 0 Å². The number of aromatic nitrogens is 1. The number of para-hydroxylation sites is 2. The van der Waals surface area contributed by atoms with Crippen LogP contribution >= 0.6 is 11.3 Å². The van der Waals surface area contributed by atoms with Crippen molar-refractivity contribution < 1.29 is 4.92 Å². The van der Waals surface area contributed by atoms with E-state index in [1.165, 1.54) is 24.5 Å². The second-order valence-corrected chi connectivity index (χ2v) is 7.77. The fraction of sp³-hybridized carbons (Fsp3) is 0.286. The van der Waals surface area contributed by atoms with E-state index >= 15 is 0 Å². The Balaban J connectivity index is 1.89. The average Bonchev–Trinajstić information content (AvgIpc) is 3.32. The monoisotopic (exact) mass is 379 g/mol. The molecule has 1 aliphatic rings. The van der Waals surface area contributed by atoms with E-state index in [4.69, 9.17) is 4.99 Å². The topological polar surface area (TPSA) is 60.4 Å². The van der Waals surface area contributed by atoms with Crippen LogP contribution in [0.25, 0.3) is 11.3 Å². The molecule has 0 spiro atoms. The van der Waals surface area contributed by atoms with E-state index in [9.17, 15) is 10.1 Å². The normalized spacial score (nSPS) is 15.4. The van der Waals surface area contributed by atoms with Crippen molar-refractivity contribution in [3.63, 3.8) is 0 Å². The first kappa shape index (κ1) is 17.7. The third-order valence-electron chi connectivity index (χ3n) is 5.07. The zero-order valence-electron chi connectivity index (χ0n) is 15.2. The van der Waals surface area contributed by atoms with Gasteiger partial charge in [0, 0.05) is 17.5 Å². The predicted molar refractivity (Wildman–Crippen MR) is 108 cm³/mol. The van der Waals surface area contributed by atoms with E-state index in [1.54, 1.807) is 29.5 Å². The van der Waals surface area contributed by atoms with Crippen molar-refractivity contribution in [2.45, 2.75) is 38.6 Å². The van der Waals surface area contributed by atoms with Gasteiger partial charge in [-0.25, -0.2) is 4.99 Å². The maximum Gasteiger partial charge on any atom is 0.294 e. The van der Waals surface area contributed by atoms with Crippen LogP contribution in [0.15, 0.2) is 58.9 Å². The van der Waals surface area contributed by atoms with Crippen LogP contribution in [0.4, 0.5) is 11.4 Å². The summed E-state index contributed by atoms with van der Waals surface area (Å²) in [6, 6.07) is 15.6. The number of thiazole rings is 1. The maximum absolute atomic E-state index is 11.4. The van der Waals surface area contributed by atoms with Crippen LogP contribution in [0.5, 0.6) is 0 Å². The summed E-state index contributed by atoms with van der Waals surface area (Å²) < 4.78 is 2.29. The molecule has 0 saturated heterocycles. The standard InChI is InChI=1S/C21H21N3O2S/c1-15-10-12-16(13-11-15)20-14-27-21(23(20)17-6-2-3-7-17)22-18-8-4-5-9-19(18)24(25)26/h4-5,8-14,17H,2-3,6-7H2,1H3. The number of hydrogen-bond donors (Lipinski definition) is 0. The van der Waals surface area contributed by atoms with Crippen LogP contribution in [-0.2, 0) is 0 Å². The van der Waals surface area contributed by atoms with E-state index in [0.29, 0.717) is 11.7 Å². The zero-order chi connectivity index (χ0) is 18.8. The van der Waals surface area contributed by atoms with Gasteiger partial charge in [-0.2, -0.15) is 0 Å². The largest absolute Gasteiger partial charge is 0.313 e. The number of aryl methyl sites for hydroxylation is 1. The fourth-order valence-corrected chi connectivity index (χ4v) is 4.65. The van der Waals surface area contributed by atoms with Crippen LogP contribution in [-0.4, -0.2) is 9.49 Å². The Morgan fingerprint density at radius 3 is 2.52 bits per heavy atom. The van der Waals surface area contributed by atoms with E-state index < -0.39 is 0 Å². The summed E-state index contributed by atoms with van der Waals surface area (Å²) >= 11 is 1.55. The van der Waals surface area contributed by atoms with Crippen LogP contribution in [0.1, 0.15) is 37.3 Å². The van der Waals surface area contributed by atoms with Gasteiger partial charge in [0.2, 0.25) is 0 Å². The number of hydrogen-bond acceptors (Lipinski definition) is 4. The summed E-state index contributed by atoms with van der Waals surface area (Å²) in [4.78, 5) is 16.5. The van der Waals surface area contributed by atoms with Gasteiger partial charge in [0.25, 0.3) is 5.69 Å². The Hall–Kier alpha value is -2.73. The Labute approximate surface area is 161 Å². The van der Waals surface area contributed by atoms with Crippen molar-refractivity contribution in [1.82, 2.24) is 4.57 Å². The molecule has 3 aromatic rings. The molecule has 4 rings (SSSR count). The number of benzene rings is 2. The molecule has 1 fully saturated rings. The average molecular weight is 379 g/mol. The summed E-state index contributed by atoms with van der Waals surface area (Å²) in [5.74, 6) is 0. The zero-order valence-corrected chi connectivity index (χ0v) is 16.0. The molecule has 138 valence electrons. The molecule has 6 heteroatoms. The van der Waals surface area contributed by atoms with Gasteiger partial charge >= 0.3 is 0 Å². The smallest absolute Gasteiger partial charge is 0.294 e. The van der Waals surface area contributed by atoms with E-state index in [-0.39, 0.29) is 10.6 Å². The lowest BCUT2D eigenvalue weighted by atomic mass is 10.1. The second kappa shape index (κ2) is 7.48. The molecule has 2 aromatic carbocycles. The fourth-order valence-electron chi connectivity index (χ4n) is 3.67. The summed E-state index contributed by atoms with van der Waals surface area (Å²) in [7, 11) is 0. The Morgan fingerprint density at radius 1 is 1.11 bits per heavy atom. The highest BCUT2D eigenvalue weighted by atomic mass is 32.1. The van der Waals surface area contributed by atoms with Crippen molar-refractivity contribution >= 4 is 22.7 Å². The first-order valence-corrected chi connectivity index (χ1v) is 10.1. The summed E-state index contributed by atoms with van der Waals surface area (Å²) in [5, 5.41) is 13.5. The van der Waals surface area contributed by atoms with Crippen molar-refractivity contribution in [3.05, 3.63) is 74.4 Å². The maximum atomic E-state index is 11.4. The highest BCUT2D eigenvalue weighted by Gasteiger charge is 2.22. The van der Waals surface area contributed by atoms with Gasteiger partial charge in [-0.1, -0.05) is 54.8 Å². The molecule has 0 radical (unpaired) electrons. The molecule has 27 heavy (non-hydrogen) atoms. The van der Waals surface area contributed by atoms with Crippen molar-refractivity contribution in [3.8, 4) is 11.3 Å². The number of nitrogens with zero attached hydrogens (tertiary/aromatic N) is 3. The second-order valence-electron chi connectivity index (χ2n) is 6.94. The van der Waals surface area contributed by atoms with Gasteiger partial charge in [-0.05, 0) is 31.4 Å². The lowest BCUT2D eigenvalue weighted by Gasteiger charge is -2.16. The molecule has 0 amide bonds. The molecule has 1 aliphatic carbocycles. The van der Waals surface area contributed by atoms with Gasteiger partial charge in [0.15, 0.2) is 4.80 Å². The van der Waals surface area contributed by atoms with Crippen molar-refractivity contribution in [2.75, 3.05) is 0 Å². The van der Waals surface area contributed by atoms with Gasteiger partial charge in [-0.15, -0.1) is 11.3 Å². The van der Waals surface area contributed by atoms with Crippen LogP contribution in [0, 0.1) is 17.0 Å². The highest BCUT2D eigenvalue weighted by molar-refractivity contribution is 7.07. The first-order valence-electron chi connectivity index (χ1n) is 9.19. The first-order chi connectivity index (χ1) is 13.1. The highest BCUT2D eigenvalue weighted by Crippen LogP contribution is 2.34. The summed E-state index contributed by atoms with van der Waals surface area (Å²) in [6.45, 7) is 2.08. The van der Waals surface area contributed by atoms with Gasteiger partial charge in [-0.3, -0.25) is 10.1 Å². The Morgan fingerprint density at radius 2 is 1.81 bits per heavy atom. The predicted octanol–water partition coefficient (Wildman–Crippen LogP) is 5.78. The van der Waals surface area contributed by atoms with Crippen LogP contribution < -0.4 is 4.80 Å². The minimum atomic E-state index is -0.368. The number of nitro benzene ring substituents is 1. The summed E-state index contributed by atoms with van der Waals surface area (Å²) in [5.41, 5.74) is 3.98. The van der Waals surface area contributed by atoms with E-state index in [1.807, 2.05) is 0 Å².